The normalized spacial score (nSPS) is 19.4. The van der Waals surface area contributed by atoms with Crippen LogP contribution in [0, 0.1) is 13.8 Å². The summed E-state index contributed by atoms with van der Waals surface area (Å²) in [7, 11) is 0. The molecule has 2 aliphatic rings. The van der Waals surface area contributed by atoms with Crippen LogP contribution in [0.1, 0.15) is 47.2 Å². The Hall–Kier alpha value is -1.36. The molecule has 0 aromatic heterocycles. The molecule has 2 heterocycles. The van der Waals surface area contributed by atoms with Gasteiger partial charge in [-0.3, -0.25) is 9.59 Å². The second kappa shape index (κ2) is 6.27. The standard InChI is InChI=1S/C18H22BrNO3/c1-12-9-13(2)17-14(21)11-18(23-15(17)10-12)4-7-20(8-5-18)16(22)3-6-19/h9-10H,3-8,11H2,1-2H3. The highest BCUT2D eigenvalue weighted by atomic mass is 79.9. The molecule has 0 bridgehead atoms. The molecule has 0 aliphatic carbocycles. The van der Waals surface area contributed by atoms with Crippen molar-refractivity contribution in [3.05, 3.63) is 28.8 Å². The molecule has 0 saturated carbocycles. The van der Waals surface area contributed by atoms with Crippen molar-refractivity contribution in [3.63, 3.8) is 0 Å². The number of hydrogen-bond acceptors (Lipinski definition) is 3. The molecule has 3 rings (SSSR count). The minimum atomic E-state index is -0.435. The molecule has 2 aliphatic heterocycles. The van der Waals surface area contributed by atoms with Crippen LogP contribution in [0.4, 0.5) is 0 Å². The topological polar surface area (TPSA) is 46.6 Å². The third-order valence-electron chi connectivity index (χ3n) is 4.87. The number of Topliss-reactive ketones (excluding diaryl/α,β-unsaturated/α-hetero) is 1. The fourth-order valence-electron chi connectivity index (χ4n) is 3.70. The zero-order valence-electron chi connectivity index (χ0n) is 13.7. The molecule has 1 aromatic rings. The molecule has 0 atom stereocenters. The Kier molecular flexibility index (Phi) is 4.50. The van der Waals surface area contributed by atoms with Crippen LogP contribution in [-0.4, -0.2) is 40.6 Å². The van der Waals surface area contributed by atoms with Crippen LogP contribution >= 0.6 is 15.9 Å². The highest BCUT2D eigenvalue weighted by Gasteiger charge is 2.44. The van der Waals surface area contributed by atoms with Crippen LogP contribution in [0.15, 0.2) is 12.1 Å². The van der Waals surface area contributed by atoms with Gasteiger partial charge in [0, 0.05) is 37.7 Å². The van der Waals surface area contributed by atoms with Crippen LogP contribution in [0.25, 0.3) is 0 Å². The minimum absolute atomic E-state index is 0.170. The maximum absolute atomic E-state index is 12.6. The molecule has 124 valence electrons. The number of alkyl halides is 1. The molecule has 0 radical (unpaired) electrons. The summed E-state index contributed by atoms with van der Waals surface area (Å²) in [4.78, 5) is 26.5. The van der Waals surface area contributed by atoms with E-state index in [0.717, 1.165) is 35.3 Å². The number of fused-ring (bicyclic) bond motifs is 1. The third-order valence-corrected chi connectivity index (χ3v) is 5.26. The van der Waals surface area contributed by atoms with Gasteiger partial charge in [-0.1, -0.05) is 22.0 Å². The third kappa shape index (κ3) is 3.16. The SMILES string of the molecule is Cc1cc(C)c2c(c1)OC1(CCN(C(=O)CCBr)CC1)CC2=O. The fraction of sp³-hybridized carbons (Fsp3) is 0.556. The monoisotopic (exact) mass is 379 g/mol. The van der Waals surface area contributed by atoms with Crippen molar-refractivity contribution >= 4 is 27.6 Å². The van der Waals surface area contributed by atoms with Crippen LogP contribution in [-0.2, 0) is 4.79 Å². The summed E-state index contributed by atoms with van der Waals surface area (Å²) in [5, 5.41) is 0.689. The summed E-state index contributed by atoms with van der Waals surface area (Å²) in [6, 6.07) is 3.99. The van der Waals surface area contributed by atoms with Gasteiger partial charge in [0.1, 0.15) is 11.4 Å². The van der Waals surface area contributed by atoms with Gasteiger partial charge in [0.25, 0.3) is 0 Å². The molecule has 1 fully saturated rings. The maximum Gasteiger partial charge on any atom is 0.223 e. The van der Waals surface area contributed by atoms with E-state index in [1.807, 2.05) is 30.9 Å². The van der Waals surface area contributed by atoms with E-state index in [1.165, 1.54) is 0 Å². The zero-order valence-corrected chi connectivity index (χ0v) is 15.2. The van der Waals surface area contributed by atoms with Crippen molar-refractivity contribution in [2.75, 3.05) is 18.4 Å². The molecule has 5 heteroatoms. The predicted molar refractivity (Wildman–Crippen MR) is 92.4 cm³/mol. The number of carbonyl (C=O) groups is 2. The summed E-state index contributed by atoms with van der Waals surface area (Å²) >= 11 is 3.31. The first kappa shape index (κ1) is 16.5. The van der Waals surface area contributed by atoms with Gasteiger partial charge >= 0.3 is 0 Å². The number of rotatable bonds is 2. The zero-order chi connectivity index (χ0) is 16.6. The Labute approximate surface area is 145 Å². The first-order valence-electron chi connectivity index (χ1n) is 8.11. The first-order chi connectivity index (χ1) is 10.9. The molecule has 1 spiro atoms. The Morgan fingerprint density at radius 3 is 2.65 bits per heavy atom. The minimum Gasteiger partial charge on any atom is -0.486 e. The van der Waals surface area contributed by atoms with E-state index >= 15 is 0 Å². The Morgan fingerprint density at radius 1 is 1.30 bits per heavy atom. The lowest BCUT2D eigenvalue weighted by atomic mass is 9.81. The largest absolute Gasteiger partial charge is 0.486 e. The first-order valence-corrected chi connectivity index (χ1v) is 9.23. The lowest BCUT2D eigenvalue weighted by Crippen LogP contribution is -2.52. The van der Waals surface area contributed by atoms with E-state index in [1.54, 1.807) is 0 Å². The van der Waals surface area contributed by atoms with E-state index in [4.69, 9.17) is 4.74 Å². The van der Waals surface area contributed by atoms with E-state index in [9.17, 15) is 9.59 Å². The van der Waals surface area contributed by atoms with Gasteiger partial charge in [0.15, 0.2) is 5.78 Å². The van der Waals surface area contributed by atoms with Crippen LogP contribution in [0.5, 0.6) is 5.75 Å². The lowest BCUT2D eigenvalue weighted by Gasteiger charge is -2.44. The van der Waals surface area contributed by atoms with E-state index in [-0.39, 0.29) is 11.7 Å². The van der Waals surface area contributed by atoms with E-state index in [2.05, 4.69) is 15.9 Å². The highest BCUT2D eigenvalue weighted by molar-refractivity contribution is 9.09. The number of halogens is 1. The molecule has 1 amide bonds. The number of nitrogens with zero attached hydrogens (tertiary/aromatic N) is 1. The Bertz CT molecular complexity index is 648. The Balaban J connectivity index is 1.79. The Morgan fingerprint density at radius 2 is 2.00 bits per heavy atom. The van der Waals surface area contributed by atoms with E-state index in [0.29, 0.717) is 31.3 Å². The molecule has 1 aromatic carbocycles. The van der Waals surface area contributed by atoms with Crippen molar-refractivity contribution in [2.45, 2.75) is 45.1 Å². The van der Waals surface area contributed by atoms with Gasteiger partial charge < -0.3 is 9.64 Å². The van der Waals surface area contributed by atoms with Crippen molar-refractivity contribution in [2.24, 2.45) is 0 Å². The predicted octanol–water partition coefficient (Wildman–Crippen LogP) is 3.41. The van der Waals surface area contributed by atoms with Gasteiger partial charge in [-0.2, -0.15) is 0 Å². The van der Waals surface area contributed by atoms with Crippen molar-refractivity contribution in [1.29, 1.82) is 0 Å². The number of piperidine rings is 1. The summed E-state index contributed by atoms with van der Waals surface area (Å²) in [5.74, 6) is 1.06. The number of aryl methyl sites for hydroxylation is 2. The van der Waals surface area contributed by atoms with Crippen molar-refractivity contribution in [1.82, 2.24) is 4.90 Å². The number of amides is 1. The van der Waals surface area contributed by atoms with E-state index < -0.39 is 5.60 Å². The molecule has 23 heavy (non-hydrogen) atoms. The molecular formula is C18H22BrNO3. The van der Waals surface area contributed by atoms with Gasteiger partial charge in [-0.15, -0.1) is 0 Å². The van der Waals surface area contributed by atoms with Gasteiger partial charge in [-0.05, 0) is 31.0 Å². The number of ether oxygens (including phenoxy) is 1. The summed E-state index contributed by atoms with van der Waals surface area (Å²) in [6.45, 7) is 5.31. The molecule has 4 nitrogen and oxygen atoms in total. The summed E-state index contributed by atoms with van der Waals surface area (Å²) < 4.78 is 6.31. The lowest BCUT2D eigenvalue weighted by molar-refractivity contribution is -0.134. The van der Waals surface area contributed by atoms with Gasteiger partial charge in [0.05, 0.1) is 12.0 Å². The molecule has 1 saturated heterocycles. The second-order valence-electron chi connectivity index (χ2n) is 6.66. The highest BCUT2D eigenvalue weighted by Crippen LogP contribution is 2.41. The van der Waals surface area contributed by atoms with Crippen LogP contribution in [0.2, 0.25) is 0 Å². The van der Waals surface area contributed by atoms with Crippen molar-refractivity contribution < 1.29 is 14.3 Å². The van der Waals surface area contributed by atoms with Crippen molar-refractivity contribution in [3.8, 4) is 5.75 Å². The second-order valence-corrected chi connectivity index (χ2v) is 7.45. The van der Waals surface area contributed by atoms with Gasteiger partial charge in [-0.25, -0.2) is 0 Å². The average molecular weight is 380 g/mol. The number of ketones is 1. The van der Waals surface area contributed by atoms with Gasteiger partial charge in [0.2, 0.25) is 5.91 Å². The summed E-state index contributed by atoms with van der Waals surface area (Å²) in [5.41, 5.74) is 2.40. The van der Waals surface area contributed by atoms with Crippen LogP contribution < -0.4 is 4.74 Å². The molecular weight excluding hydrogens is 358 g/mol. The molecule has 0 unspecified atom stereocenters. The number of carbonyl (C=O) groups excluding carboxylic acids is 2. The fourth-order valence-corrected chi connectivity index (χ4v) is 4.04. The quantitative estimate of drug-likeness (QED) is 0.739. The maximum atomic E-state index is 12.6. The number of hydrogen-bond donors (Lipinski definition) is 0. The van der Waals surface area contributed by atoms with Crippen LogP contribution in [0.3, 0.4) is 0 Å². The number of likely N-dealkylation sites (tertiary alicyclic amines) is 1. The average Bonchev–Trinajstić information content (AvgIpc) is 2.46. The summed E-state index contributed by atoms with van der Waals surface area (Å²) in [6.07, 6.45) is 2.39. The molecule has 0 N–H and O–H groups in total. The smallest absolute Gasteiger partial charge is 0.223 e. The number of benzene rings is 1.